The number of aromatic nitrogens is 2. The summed E-state index contributed by atoms with van der Waals surface area (Å²) >= 11 is 5.30. The Morgan fingerprint density at radius 3 is 2.56 bits per heavy atom. The van der Waals surface area contributed by atoms with Crippen LogP contribution in [0, 0.1) is 4.64 Å². The lowest BCUT2D eigenvalue weighted by molar-refractivity contribution is 0.441. The number of H-pyrrole nitrogens is 1. The summed E-state index contributed by atoms with van der Waals surface area (Å²) in [6.45, 7) is 2.20. The molecule has 1 fully saturated rings. The molecule has 1 aliphatic rings. The second-order valence-corrected chi connectivity index (χ2v) is 5.84. The number of rotatable bonds is 3. The van der Waals surface area contributed by atoms with Gasteiger partial charge in [-0.3, -0.25) is 0 Å². The first-order valence-electron chi connectivity index (χ1n) is 7.39. The standard InChI is InChI=1S/C15H24N2S/c1-2-8-13-11-14(18)17-15(16-13)12-9-6-4-3-5-7-10-12/h11-12H,2-10H2,1H3,(H,16,17,18). The Labute approximate surface area is 115 Å². The summed E-state index contributed by atoms with van der Waals surface area (Å²) in [6.07, 6.45) is 11.6. The highest BCUT2D eigenvalue weighted by molar-refractivity contribution is 7.71. The van der Waals surface area contributed by atoms with E-state index in [4.69, 9.17) is 12.2 Å². The van der Waals surface area contributed by atoms with E-state index in [2.05, 4.69) is 16.9 Å². The summed E-state index contributed by atoms with van der Waals surface area (Å²) in [5.74, 6) is 1.75. The van der Waals surface area contributed by atoms with Crippen molar-refractivity contribution in [1.29, 1.82) is 0 Å². The van der Waals surface area contributed by atoms with Crippen molar-refractivity contribution in [2.75, 3.05) is 0 Å². The lowest BCUT2D eigenvalue weighted by atomic mass is 9.90. The van der Waals surface area contributed by atoms with Gasteiger partial charge in [-0.1, -0.05) is 57.7 Å². The SMILES string of the molecule is CCCc1cc(=S)nc(C2CCCCCCC2)[nH]1. The molecule has 0 aliphatic heterocycles. The topological polar surface area (TPSA) is 28.7 Å². The van der Waals surface area contributed by atoms with Crippen LogP contribution in [0.15, 0.2) is 6.07 Å². The molecule has 0 amide bonds. The van der Waals surface area contributed by atoms with Gasteiger partial charge in [-0.05, 0) is 25.3 Å². The van der Waals surface area contributed by atoms with E-state index >= 15 is 0 Å². The summed E-state index contributed by atoms with van der Waals surface area (Å²) in [5, 5.41) is 0. The zero-order valence-electron chi connectivity index (χ0n) is 11.4. The van der Waals surface area contributed by atoms with Crippen LogP contribution in [0.25, 0.3) is 0 Å². The molecule has 0 saturated heterocycles. The maximum atomic E-state index is 5.30. The molecule has 1 N–H and O–H groups in total. The Bertz CT molecular complexity index is 417. The third-order valence-electron chi connectivity index (χ3n) is 3.83. The molecular formula is C15H24N2S. The van der Waals surface area contributed by atoms with Gasteiger partial charge in [0.05, 0.1) is 0 Å². The van der Waals surface area contributed by atoms with Gasteiger partial charge >= 0.3 is 0 Å². The minimum absolute atomic E-state index is 0.601. The predicted molar refractivity (Wildman–Crippen MR) is 78.5 cm³/mol. The highest BCUT2D eigenvalue weighted by Crippen LogP contribution is 2.28. The summed E-state index contributed by atoms with van der Waals surface area (Å²) in [4.78, 5) is 8.10. The van der Waals surface area contributed by atoms with E-state index in [0.717, 1.165) is 23.3 Å². The number of aromatic amines is 1. The summed E-state index contributed by atoms with van der Waals surface area (Å²) in [7, 11) is 0. The van der Waals surface area contributed by atoms with Crippen LogP contribution in [0.1, 0.15) is 75.7 Å². The van der Waals surface area contributed by atoms with E-state index < -0.39 is 0 Å². The fraction of sp³-hybridized carbons (Fsp3) is 0.733. The average molecular weight is 264 g/mol. The van der Waals surface area contributed by atoms with Gasteiger partial charge < -0.3 is 4.98 Å². The minimum Gasteiger partial charge on any atom is -0.347 e. The Hall–Kier alpha value is -0.700. The molecule has 1 saturated carbocycles. The molecule has 1 aromatic rings. The lowest BCUT2D eigenvalue weighted by Gasteiger charge is -2.19. The molecule has 18 heavy (non-hydrogen) atoms. The van der Waals surface area contributed by atoms with Gasteiger partial charge in [-0.15, -0.1) is 0 Å². The first-order valence-corrected chi connectivity index (χ1v) is 7.80. The van der Waals surface area contributed by atoms with E-state index in [0.29, 0.717) is 5.92 Å². The summed E-state index contributed by atoms with van der Waals surface area (Å²) < 4.78 is 0.759. The van der Waals surface area contributed by atoms with E-state index in [9.17, 15) is 0 Å². The molecule has 0 atom stereocenters. The molecule has 0 radical (unpaired) electrons. The molecule has 0 unspecified atom stereocenters. The quantitative estimate of drug-likeness (QED) is 0.785. The smallest absolute Gasteiger partial charge is 0.129 e. The number of hydrogen-bond acceptors (Lipinski definition) is 2. The number of nitrogens with one attached hydrogen (secondary N) is 1. The van der Waals surface area contributed by atoms with E-state index in [-0.39, 0.29) is 0 Å². The first-order chi connectivity index (χ1) is 8.79. The van der Waals surface area contributed by atoms with E-state index in [1.54, 1.807) is 0 Å². The zero-order chi connectivity index (χ0) is 12.8. The van der Waals surface area contributed by atoms with Gasteiger partial charge in [0.15, 0.2) is 0 Å². The van der Waals surface area contributed by atoms with Crippen molar-refractivity contribution in [3.63, 3.8) is 0 Å². The fourth-order valence-electron chi connectivity index (χ4n) is 2.86. The van der Waals surface area contributed by atoms with Crippen LogP contribution in [-0.2, 0) is 6.42 Å². The van der Waals surface area contributed by atoms with Crippen LogP contribution < -0.4 is 0 Å². The minimum atomic E-state index is 0.601. The molecule has 0 aromatic carbocycles. The van der Waals surface area contributed by atoms with Gasteiger partial charge in [0.2, 0.25) is 0 Å². The molecule has 1 heterocycles. The predicted octanol–water partition coefficient (Wildman–Crippen LogP) is 4.92. The lowest BCUT2D eigenvalue weighted by Crippen LogP contribution is -2.08. The Kier molecular flexibility index (Phi) is 5.36. The third kappa shape index (κ3) is 3.91. The Morgan fingerprint density at radius 1 is 1.22 bits per heavy atom. The van der Waals surface area contributed by atoms with Crippen molar-refractivity contribution < 1.29 is 0 Å². The van der Waals surface area contributed by atoms with E-state index in [1.165, 1.54) is 50.6 Å². The second kappa shape index (κ2) is 7.03. The van der Waals surface area contributed by atoms with Crippen LogP contribution in [0.4, 0.5) is 0 Å². The van der Waals surface area contributed by atoms with Crippen molar-refractivity contribution in [1.82, 2.24) is 9.97 Å². The van der Waals surface area contributed by atoms with Gasteiger partial charge in [-0.2, -0.15) is 0 Å². The van der Waals surface area contributed by atoms with Crippen molar-refractivity contribution in [3.8, 4) is 0 Å². The molecule has 0 spiro atoms. The molecule has 2 nitrogen and oxygen atoms in total. The van der Waals surface area contributed by atoms with Gasteiger partial charge in [-0.25, -0.2) is 4.98 Å². The highest BCUT2D eigenvalue weighted by Gasteiger charge is 2.15. The number of nitrogens with zero attached hydrogens (tertiary/aromatic N) is 1. The average Bonchev–Trinajstić information content (AvgIpc) is 2.27. The van der Waals surface area contributed by atoms with Crippen molar-refractivity contribution >= 4 is 12.2 Å². The molecule has 3 heteroatoms. The highest BCUT2D eigenvalue weighted by atomic mass is 32.1. The Balaban J connectivity index is 2.16. The molecule has 0 bridgehead atoms. The van der Waals surface area contributed by atoms with Gasteiger partial charge in [0.25, 0.3) is 0 Å². The summed E-state index contributed by atoms with van der Waals surface area (Å²) in [6, 6.07) is 2.02. The largest absolute Gasteiger partial charge is 0.347 e. The van der Waals surface area contributed by atoms with Crippen LogP contribution in [0.3, 0.4) is 0 Å². The van der Waals surface area contributed by atoms with Crippen LogP contribution >= 0.6 is 12.2 Å². The van der Waals surface area contributed by atoms with Crippen molar-refractivity contribution in [2.24, 2.45) is 0 Å². The second-order valence-electron chi connectivity index (χ2n) is 5.42. The van der Waals surface area contributed by atoms with E-state index in [1.807, 2.05) is 6.07 Å². The van der Waals surface area contributed by atoms with Gasteiger partial charge in [0.1, 0.15) is 10.5 Å². The number of aryl methyl sites for hydroxylation is 1. The zero-order valence-corrected chi connectivity index (χ0v) is 12.2. The number of hydrogen-bond donors (Lipinski definition) is 1. The third-order valence-corrected chi connectivity index (χ3v) is 4.04. The molecular weight excluding hydrogens is 240 g/mol. The van der Waals surface area contributed by atoms with Crippen LogP contribution in [0.5, 0.6) is 0 Å². The van der Waals surface area contributed by atoms with Crippen LogP contribution in [-0.4, -0.2) is 9.97 Å². The molecule has 1 aliphatic carbocycles. The van der Waals surface area contributed by atoms with Crippen LogP contribution in [0.2, 0.25) is 0 Å². The van der Waals surface area contributed by atoms with Crippen molar-refractivity contribution in [3.05, 3.63) is 22.2 Å². The maximum Gasteiger partial charge on any atom is 0.129 e. The summed E-state index contributed by atoms with van der Waals surface area (Å²) in [5.41, 5.74) is 1.26. The maximum absolute atomic E-state index is 5.30. The molecule has 1 aromatic heterocycles. The monoisotopic (exact) mass is 264 g/mol. The molecule has 100 valence electrons. The normalized spacial score (nSPS) is 18.3. The first kappa shape index (κ1) is 13.7. The Morgan fingerprint density at radius 2 is 1.89 bits per heavy atom. The fourth-order valence-corrected chi connectivity index (χ4v) is 3.10. The van der Waals surface area contributed by atoms with Gasteiger partial charge in [0, 0.05) is 11.6 Å². The van der Waals surface area contributed by atoms with Crippen molar-refractivity contribution in [2.45, 2.75) is 70.6 Å². The molecule has 2 rings (SSSR count).